The number of hydrogen-bond acceptors (Lipinski definition) is 3. The van der Waals surface area contributed by atoms with Crippen LogP contribution in [0.5, 0.6) is 5.75 Å². The van der Waals surface area contributed by atoms with E-state index in [4.69, 9.17) is 0 Å². The van der Waals surface area contributed by atoms with Crippen LogP contribution in [-0.2, 0) is 6.42 Å². The first kappa shape index (κ1) is 10.2. The highest BCUT2D eigenvalue weighted by Crippen LogP contribution is 2.30. The number of phenols is 1. The lowest BCUT2D eigenvalue weighted by atomic mass is 10.1. The van der Waals surface area contributed by atoms with Gasteiger partial charge < -0.3 is 5.11 Å². The molecular weight excluding hydrogens is 182 g/mol. The van der Waals surface area contributed by atoms with Crippen molar-refractivity contribution in [2.24, 2.45) is 0 Å². The van der Waals surface area contributed by atoms with E-state index in [0.29, 0.717) is 12.0 Å². The number of hydrogen-bond donors (Lipinski definition) is 1. The van der Waals surface area contributed by atoms with Crippen LogP contribution in [0.15, 0.2) is 30.4 Å². The predicted octanol–water partition coefficient (Wildman–Crippen LogP) is 2.42. The van der Waals surface area contributed by atoms with Crippen molar-refractivity contribution < 1.29 is 10.0 Å². The highest BCUT2D eigenvalue weighted by Gasteiger charge is 2.15. The summed E-state index contributed by atoms with van der Waals surface area (Å²) < 4.78 is 0. The van der Waals surface area contributed by atoms with Gasteiger partial charge in [0.15, 0.2) is 5.75 Å². The van der Waals surface area contributed by atoms with E-state index in [1.807, 2.05) is 0 Å². The van der Waals surface area contributed by atoms with E-state index in [9.17, 15) is 15.2 Å². The Morgan fingerprint density at radius 2 is 2.29 bits per heavy atom. The van der Waals surface area contributed by atoms with Gasteiger partial charge in [-0.2, -0.15) is 0 Å². The molecule has 4 nitrogen and oxygen atoms in total. The minimum Gasteiger partial charge on any atom is -0.502 e. The quantitative estimate of drug-likeness (QED) is 0.455. The Kier molecular flexibility index (Phi) is 2.86. The Labute approximate surface area is 81.6 Å². The zero-order valence-electron chi connectivity index (χ0n) is 7.86. The topological polar surface area (TPSA) is 63.4 Å². The lowest BCUT2D eigenvalue weighted by molar-refractivity contribution is -0.385. The maximum absolute atomic E-state index is 10.5. The first-order chi connectivity index (χ1) is 6.52. The predicted molar refractivity (Wildman–Crippen MR) is 53.3 cm³/mol. The van der Waals surface area contributed by atoms with E-state index in [0.717, 1.165) is 5.57 Å². The second-order valence-electron chi connectivity index (χ2n) is 3.18. The summed E-state index contributed by atoms with van der Waals surface area (Å²) in [4.78, 5) is 9.88. The van der Waals surface area contributed by atoms with E-state index >= 15 is 0 Å². The standard InChI is InChI=1S/C10H11NO3/c1-7(2)6-8-4-3-5-9(10(8)12)11(13)14/h3-5,12H,1,6H2,2H3. The Morgan fingerprint density at radius 3 is 2.79 bits per heavy atom. The highest BCUT2D eigenvalue weighted by atomic mass is 16.6. The fraction of sp³-hybridized carbons (Fsp3) is 0.200. The SMILES string of the molecule is C=C(C)Cc1cccc([N+](=O)[O-])c1O. The lowest BCUT2D eigenvalue weighted by Gasteiger charge is -2.03. The van der Waals surface area contributed by atoms with Crippen LogP contribution in [0.2, 0.25) is 0 Å². The summed E-state index contributed by atoms with van der Waals surface area (Å²) in [6.45, 7) is 5.49. The molecule has 0 spiro atoms. The number of allylic oxidation sites excluding steroid dienone is 1. The molecule has 1 rings (SSSR count). The van der Waals surface area contributed by atoms with Crippen molar-refractivity contribution in [2.45, 2.75) is 13.3 Å². The van der Waals surface area contributed by atoms with Gasteiger partial charge in [-0.15, -0.1) is 0 Å². The summed E-state index contributed by atoms with van der Waals surface area (Å²) in [5.41, 5.74) is 1.12. The molecule has 0 unspecified atom stereocenters. The van der Waals surface area contributed by atoms with Crippen molar-refractivity contribution in [3.63, 3.8) is 0 Å². The lowest BCUT2D eigenvalue weighted by Crippen LogP contribution is -1.93. The van der Waals surface area contributed by atoms with E-state index in [1.165, 1.54) is 6.07 Å². The van der Waals surface area contributed by atoms with Crippen LogP contribution >= 0.6 is 0 Å². The third-order valence-corrected chi connectivity index (χ3v) is 1.79. The van der Waals surface area contributed by atoms with E-state index in [-0.39, 0.29) is 11.4 Å². The molecule has 0 aliphatic rings. The third kappa shape index (κ3) is 2.10. The van der Waals surface area contributed by atoms with Gasteiger partial charge in [-0.3, -0.25) is 10.1 Å². The maximum atomic E-state index is 10.5. The largest absolute Gasteiger partial charge is 0.502 e. The Morgan fingerprint density at radius 1 is 1.64 bits per heavy atom. The molecule has 0 radical (unpaired) electrons. The van der Waals surface area contributed by atoms with E-state index in [2.05, 4.69) is 6.58 Å². The van der Waals surface area contributed by atoms with Gasteiger partial charge in [-0.1, -0.05) is 24.3 Å². The summed E-state index contributed by atoms with van der Waals surface area (Å²) in [7, 11) is 0. The third-order valence-electron chi connectivity index (χ3n) is 1.79. The minimum atomic E-state index is -0.600. The molecule has 1 N–H and O–H groups in total. The monoisotopic (exact) mass is 193 g/mol. The normalized spacial score (nSPS) is 9.79. The molecule has 0 aliphatic carbocycles. The Bertz CT molecular complexity index is 385. The molecule has 0 bridgehead atoms. The number of benzene rings is 1. The van der Waals surface area contributed by atoms with Gasteiger partial charge in [-0.25, -0.2) is 0 Å². The van der Waals surface area contributed by atoms with Crippen molar-refractivity contribution in [1.82, 2.24) is 0 Å². The second-order valence-corrected chi connectivity index (χ2v) is 3.18. The van der Waals surface area contributed by atoms with E-state index < -0.39 is 4.92 Å². The van der Waals surface area contributed by atoms with Crippen LogP contribution in [0.25, 0.3) is 0 Å². The average Bonchev–Trinajstić information content (AvgIpc) is 2.07. The van der Waals surface area contributed by atoms with Gasteiger partial charge in [0.2, 0.25) is 0 Å². The molecule has 74 valence electrons. The van der Waals surface area contributed by atoms with Crippen LogP contribution in [-0.4, -0.2) is 10.0 Å². The molecule has 1 aromatic carbocycles. The fourth-order valence-electron chi connectivity index (χ4n) is 1.19. The number of rotatable bonds is 3. The van der Waals surface area contributed by atoms with Crippen LogP contribution in [0, 0.1) is 10.1 Å². The summed E-state index contributed by atoms with van der Waals surface area (Å²) in [5, 5.41) is 20.0. The molecule has 0 aliphatic heterocycles. The zero-order valence-corrected chi connectivity index (χ0v) is 7.86. The van der Waals surface area contributed by atoms with Crippen molar-refractivity contribution in [1.29, 1.82) is 0 Å². The molecule has 0 saturated carbocycles. The number of aromatic hydroxyl groups is 1. The van der Waals surface area contributed by atoms with Gasteiger partial charge in [0.25, 0.3) is 0 Å². The summed E-state index contributed by atoms with van der Waals surface area (Å²) >= 11 is 0. The van der Waals surface area contributed by atoms with Gasteiger partial charge in [-0.05, 0) is 13.3 Å². The number of para-hydroxylation sites is 1. The smallest absolute Gasteiger partial charge is 0.310 e. The van der Waals surface area contributed by atoms with Gasteiger partial charge in [0.1, 0.15) is 0 Å². The number of phenolic OH excluding ortho intramolecular Hbond substituents is 1. The van der Waals surface area contributed by atoms with Crippen LogP contribution in [0.1, 0.15) is 12.5 Å². The molecule has 0 atom stereocenters. The molecule has 0 heterocycles. The fourth-order valence-corrected chi connectivity index (χ4v) is 1.19. The second kappa shape index (κ2) is 3.91. The van der Waals surface area contributed by atoms with Crippen LogP contribution in [0.4, 0.5) is 5.69 Å². The molecular formula is C10H11NO3. The highest BCUT2D eigenvalue weighted by molar-refractivity contribution is 5.51. The van der Waals surface area contributed by atoms with Gasteiger partial charge >= 0.3 is 5.69 Å². The molecule has 14 heavy (non-hydrogen) atoms. The number of nitrogens with zero attached hydrogens (tertiary/aromatic N) is 1. The molecule has 0 aromatic heterocycles. The molecule has 0 saturated heterocycles. The zero-order chi connectivity index (χ0) is 10.7. The maximum Gasteiger partial charge on any atom is 0.310 e. The first-order valence-corrected chi connectivity index (χ1v) is 4.12. The minimum absolute atomic E-state index is 0.260. The average molecular weight is 193 g/mol. The molecule has 0 fully saturated rings. The van der Waals surface area contributed by atoms with Crippen molar-refractivity contribution in [2.75, 3.05) is 0 Å². The van der Waals surface area contributed by atoms with Crippen molar-refractivity contribution in [3.8, 4) is 5.75 Å². The van der Waals surface area contributed by atoms with Crippen LogP contribution < -0.4 is 0 Å². The van der Waals surface area contributed by atoms with Crippen LogP contribution in [0.3, 0.4) is 0 Å². The van der Waals surface area contributed by atoms with Gasteiger partial charge in [0, 0.05) is 11.6 Å². The first-order valence-electron chi connectivity index (χ1n) is 4.12. The Hall–Kier alpha value is -1.84. The van der Waals surface area contributed by atoms with Crippen molar-refractivity contribution >= 4 is 5.69 Å². The molecule has 0 amide bonds. The molecule has 1 aromatic rings. The Balaban J connectivity index is 3.13. The number of nitro benzene ring substituents is 1. The summed E-state index contributed by atoms with van der Waals surface area (Å²) in [6.07, 6.45) is 0.452. The van der Waals surface area contributed by atoms with E-state index in [1.54, 1.807) is 19.1 Å². The summed E-state index contributed by atoms with van der Waals surface area (Å²) in [6, 6.07) is 4.48. The summed E-state index contributed by atoms with van der Waals surface area (Å²) in [5.74, 6) is -0.263. The van der Waals surface area contributed by atoms with Gasteiger partial charge in [0.05, 0.1) is 4.92 Å². The number of nitro groups is 1. The molecule has 4 heteroatoms. The van der Waals surface area contributed by atoms with Crippen molar-refractivity contribution in [3.05, 3.63) is 46.0 Å².